The average Bonchev–Trinajstić information content (AvgIpc) is 2.84. The molecule has 1 aliphatic heterocycles. The third-order valence-electron chi connectivity index (χ3n) is 2.94. The van der Waals surface area contributed by atoms with E-state index in [1.54, 1.807) is 30.3 Å². The molecule has 1 aromatic rings. The minimum atomic E-state index is -0.478. The first-order valence-corrected chi connectivity index (χ1v) is 6.14. The van der Waals surface area contributed by atoms with E-state index in [0.717, 1.165) is 0 Å². The van der Waals surface area contributed by atoms with Gasteiger partial charge in [-0.25, -0.2) is 4.79 Å². The van der Waals surface area contributed by atoms with Crippen molar-refractivity contribution >= 4 is 11.9 Å². The molecule has 1 aromatic carbocycles. The van der Waals surface area contributed by atoms with Crippen LogP contribution in [0.4, 0.5) is 0 Å². The molecule has 1 aliphatic rings. The normalized spacial score (nSPS) is 20.9. The summed E-state index contributed by atoms with van der Waals surface area (Å²) in [7, 11) is 0. The Morgan fingerprint density at radius 1 is 1.45 bits per heavy atom. The molecule has 1 saturated heterocycles. The van der Waals surface area contributed by atoms with Gasteiger partial charge in [0.05, 0.1) is 11.5 Å². The van der Waals surface area contributed by atoms with Gasteiger partial charge in [0.25, 0.3) is 0 Å². The summed E-state index contributed by atoms with van der Waals surface area (Å²) in [5, 5.41) is 3.35. The van der Waals surface area contributed by atoms with Gasteiger partial charge in [0.15, 0.2) is 0 Å². The van der Waals surface area contributed by atoms with Crippen molar-refractivity contribution in [2.45, 2.75) is 12.5 Å². The number of carbonyl (C=O) groups is 2. The van der Waals surface area contributed by atoms with E-state index < -0.39 is 24.0 Å². The molecule has 0 N–H and O–H groups in total. The summed E-state index contributed by atoms with van der Waals surface area (Å²) >= 11 is 0. The maximum Gasteiger partial charge on any atom is 0.338 e. The molecule has 0 saturated carbocycles. The Kier molecular flexibility index (Phi) is 4.57. The minimum absolute atomic E-state index is 0.00619. The van der Waals surface area contributed by atoms with Gasteiger partial charge in [0.2, 0.25) is 0 Å². The topological polar surface area (TPSA) is 101 Å². The first-order valence-electron chi connectivity index (χ1n) is 6.14. The van der Waals surface area contributed by atoms with Crippen molar-refractivity contribution in [3.63, 3.8) is 0 Å². The second-order valence-electron chi connectivity index (χ2n) is 4.37. The summed E-state index contributed by atoms with van der Waals surface area (Å²) < 4.78 is 10.2. The van der Waals surface area contributed by atoms with E-state index >= 15 is 0 Å². The number of cyclic esters (lactones) is 1. The second-order valence-corrected chi connectivity index (χ2v) is 4.37. The van der Waals surface area contributed by atoms with Crippen molar-refractivity contribution < 1.29 is 19.1 Å². The van der Waals surface area contributed by atoms with E-state index in [4.69, 9.17) is 15.0 Å². The summed E-state index contributed by atoms with van der Waals surface area (Å²) in [5.41, 5.74) is 8.66. The molecule has 20 heavy (non-hydrogen) atoms. The van der Waals surface area contributed by atoms with E-state index in [2.05, 4.69) is 10.0 Å². The van der Waals surface area contributed by atoms with Crippen LogP contribution >= 0.6 is 0 Å². The number of carbonyl (C=O) groups excluding carboxylic acids is 2. The summed E-state index contributed by atoms with van der Waals surface area (Å²) in [6, 6.07) is 8.57. The number of hydrogen-bond acceptors (Lipinski definition) is 5. The highest BCUT2D eigenvalue weighted by Gasteiger charge is 2.34. The Morgan fingerprint density at radius 2 is 2.20 bits per heavy atom. The van der Waals surface area contributed by atoms with Crippen molar-refractivity contribution in [2.75, 3.05) is 13.2 Å². The third-order valence-corrected chi connectivity index (χ3v) is 2.94. The number of azide groups is 1. The molecule has 0 amide bonds. The molecular weight excluding hydrogens is 262 g/mol. The Balaban J connectivity index is 1.82. The largest absolute Gasteiger partial charge is 0.458 e. The van der Waals surface area contributed by atoms with Crippen molar-refractivity contribution in [2.24, 2.45) is 11.0 Å². The van der Waals surface area contributed by atoms with Gasteiger partial charge in [0, 0.05) is 17.9 Å². The van der Waals surface area contributed by atoms with Gasteiger partial charge < -0.3 is 9.47 Å². The number of rotatable bonds is 5. The van der Waals surface area contributed by atoms with Crippen molar-refractivity contribution in [3.8, 4) is 0 Å². The maximum atomic E-state index is 11.7. The molecule has 7 nitrogen and oxygen atoms in total. The van der Waals surface area contributed by atoms with Gasteiger partial charge in [-0.1, -0.05) is 23.3 Å². The molecule has 0 radical (unpaired) electrons. The number of ether oxygens (including phenoxy) is 2. The van der Waals surface area contributed by atoms with Crippen LogP contribution in [0, 0.1) is 5.92 Å². The third kappa shape index (κ3) is 3.49. The minimum Gasteiger partial charge on any atom is -0.458 e. The molecule has 1 fully saturated rings. The van der Waals surface area contributed by atoms with Crippen LogP contribution < -0.4 is 0 Å². The lowest BCUT2D eigenvalue weighted by Crippen LogP contribution is -2.18. The maximum absolute atomic E-state index is 11.7. The second kappa shape index (κ2) is 6.58. The van der Waals surface area contributed by atoms with Crippen LogP contribution in [0.25, 0.3) is 10.4 Å². The molecule has 104 valence electrons. The number of nitrogens with zero attached hydrogens (tertiary/aromatic N) is 3. The van der Waals surface area contributed by atoms with Crippen LogP contribution in [0.1, 0.15) is 16.8 Å². The van der Waals surface area contributed by atoms with Crippen LogP contribution in [0.3, 0.4) is 0 Å². The zero-order valence-corrected chi connectivity index (χ0v) is 10.6. The smallest absolute Gasteiger partial charge is 0.338 e. The fourth-order valence-corrected chi connectivity index (χ4v) is 1.93. The van der Waals surface area contributed by atoms with E-state index in [-0.39, 0.29) is 13.2 Å². The molecule has 7 heteroatoms. The van der Waals surface area contributed by atoms with Crippen LogP contribution in [0.15, 0.2) is 35.4 Å². The van der Waals surface area contributed by atoms with E-state index in [1.165, 1.54) is 0 Å². The molecule has 2 rings (SSSR count). The lowest BCUT2D eigenvalue weighted by molar-refractivity contribution is -0.145. The number of hydrogen-bond donors (Lipinski definition) is 0. The van der Waals surface area contributed by atoms with Crippen molar-refractivity contribution in [1.29, 1.82) is 0 Å². The highest BCUT2D eigenvalue weighted by molar-refractivity contribution is 5.89. The Labute approximate surface area is 115 Å². The van der Waals surface area contributed by atoms with Crippen molar-refractivity contribution in [3.05, 3.63) is 46.3 Å². The van der Waals surface area contributed by atoms with Gasteiger partial charge in [0.1, 0.15) is 12.7 Å². The van der Waals surface area contributed by atoms with Crippen molar-refractivity contribution in [1.82, 2.24) is 0 Å². The summed E-state index contributed by atoms with van der Waals surface area (Å²) in [6.07, 6.45) is -0.0889. The molecular formula is C13H13N3O4. The number of benzene rings is 1. The SMILES string of the molecule is [N-]=[N+]=NC[C@H]1C[C@@H](COC(=O)c2ccccc2)OC1=O. The standard InChI is InChI=1S/C13H13N3O4/c14-16-15-7-10-6-11(20-13(10)18)8-19-12(17)9-4-2-1-3-5-9/h1-5,10-11H,6-8H2/t10-,11+/m1/s1. The first kappa shape index (κ1) is 13.9. The van der Waals surface area contributed by atoms with Crippen LogP contribution in [-0.2, 0) is 14.3 Å². The monoisotopic (exact) mass is 275 g/mol. The highest BCUT2D eigenvalue weighted by atomic mass is 16.6. The van der Waals surface area contributed by atoms with Gasteiger partial charge in [-0.15, -0.1) is 0 Å². The first-order chi connectivity index (χ1) is 9.70. The van der Waals surface area contributed by atoms with E-state index in [9.17, 15) is 9.59 Å². The zero-order valence-electron chi connectivity index (χ0n) is 10.6. The van der Waals surface area contributed by atoms with Crippen LogP contribution in [0.5, 0.6) is 0 Å². The van der Waals surface area contributed by atoms with Crippen LogP contribution in [-0.4, -0.2) is 31.2 Å². The molecule has 0 aromatic heterocycles. The molecule has 2 atom stereocenters. The van der Waals surface area contributed by atoms with E-state index in [1.807, 2.05) is 0 Å². The van der Waals surface area contributed by atoms with Gasteiger partial charge >= 0.3 is 11.9 Å². The molecule has 1 heterocycles. The quantitative estimate of drug-likeness (QED) is 0.355. The predicted octanol–water partition coefficient (Wildman–Crippen LogP) is 2.09. The molecule has 0 spiro atoms. The predicted molar refractivity (Wildman–Crippen MR) is 68.7 cm³/mol. The fourth-order valence-electron chi connectivity index (χ4n) is 1.93. The van der Waals surface area contributed by atoms with Crippen LogP contribution in [0.2, 0.25) is 0 Å². The summed E-state index contributed by atoms with van der Waals surface area (Å²) in [6.45, 7) is 0.0741. The summed E-state index contributed by atoms with van der Waals surface area (Å²) in [4.78, 5) is 25.8. The summed E-state index contributed by atoms with van der Waals surface area (Å²) in [5.74, 6) is -1.33. The lowest BCUT2D eigenvalue weighted by atomic mass is 10.1. The fraction of sp³-hybridized carbons (Fsp3) is 0.385. The Bertz CT molecular complexity index is 540. The Morgan fingerprint density at radius 3 is 2.90 bits per heavy atom. The van der Waals surface area contributed by atoms with Gasteiger partial charge in [-0.3, -0.25) is 4.79 Å². The Hall–Kier alpha value is -2.53. The molecule has 0 bridgehead atoms. The zero-order chi connectivity index (χ0) is 14.4. The van der Waals surface area contributed by atoms with Gasteiger partial charge in [-0.05, 0) is 17.7 Å². The van der Waals surface area contributed by atoms with Gasteiger partial charge in [-0.2, -0.15) is 0 Å². The van der Waals surface area contributed by atoms with E-state index in [0.29, 0.717) is 12.0 Å². The lowest BCUT2D eigenvalue weighted by Gasteiger charge is -2.09. The molecule has 0 unspecified atom stereocenters. The molecule has 0 aliphatic carbocycles. The highest BCUT2D eigenvalue weighted by Crippen LogP contribution is 2.22. The average molecular weight is 275 g/mol. The number of esters is 2.